The van der Waals surface area contributed by atoms with Crippen LogP contribution in [0.3, 0.4) is 0 Å². The van der Waals surface area contributed by atoms with Crippen LogP contribution in [0, 0.1) is 11.8 Å². The van der Waals surface area contributed by atoms with E-state index in [-0.39, 0.29) is 0 Å². The summed E-state index contributed by atoms with van der Waals surface area (Å²) in [5.41, 5.74) is 0. The predicted molar refractivity (Wildman–Crippen MR) is 75.3 cm³/mol. The van der Waals surface area contributed by atoms with Crippen molar-refractivity contribution >= 4 is 0 Å². The molecule has 2 fully saturated rings. The summed E-state index contributed by atoms with van der Waals surface area (Å²) in [6, 6.07) is 0. The normalized spacial score (nSPS) is 25.2. The van der Waals surface area contributed by atoms with Gasteiger partial charge in [-0.2, -0.15) is 0 Å². The average molecular weight is 237 g/mol. The molecule has 0 aromatic heterocycles. The van der Waals surface area contributed by atoms with Crippen molar-refractivity contribution in [1.82, 2.24) is 4.90 Å². The molecule has 17 heavy (non-hydrogen) atoms. The van der Waals surface area contributed by atoms with Gasteiger partial charge in [-0.1, -0.05) is 45.4 Å². The van der Waals surface area contributed by atoms with E-state index in [9.17, 15) is 0 Å². The van der Waals surface area contributed by atoms with Gasteiger partial charge in [0.2, 0.25) is 0 Å². The van der Waals surface area contributed by atoms with E-state index in [1.807, 2.05) is 0 Å². The summed E-state index contributed by atoms with van der Waals surface area (Å²) in [5, 5.41) is 0. The standard InChI is InChI=1S/C16H31N/c1-2-3-7-15-10-12-17(13-11-15)14-16-8-5-4-6-9-16/h15-16H,2-14H2,1H3. The van der Waals surface area contributed by atoms with Crippen LogP contribution in [0.25, 0.3) is 0 Å². The largest absolute Gasteiger partial charge is 0.303 e. The Morgan fingerprint density at radius 2 is 1.59 bits per heavy atom. The smallest absolute Gasteiger partial charge is 0.000966 e. The fraction of sp³-hybridized carbons (Fsp3) is 1.00. The lowest BCUT2D eigenvalue weighted by atomic mass is 9.87. The Bertz CT molecular complexity index is 188. The van der Waals surface area contributed by atoms with Gasteiger partial charge in [-0.15, -0.1) is 0 Å². The van der Waals surface area contributed by atoms with Crippen molar-refractivity contribution in [2.24, 2.45) is 11.8 Å². The highest BCUT2D eigenvalue weighted by Gasteiger charge is 2.22. The van der Waals surface area contributed by atoms with Crippen molar-refractivity contribution in [2.45, 2.75) is 71.1 Å². The third kappa shape index (κ3) is 4.62. The second-order valence-electron chi connectivity index (χ2n) is 6.39. The number of hydrogen-bond acceptors (Lipinski definition) is 1. The van der Waals surface area contributed by atoms with E-state index in [4.69, 9.17) is 0 Å². The molecule has 0 bridgehead atoms. The zero-order valence-corrected chi connectivity index (χ0v) is 11.8. The summed E-state index contributed by atoms with van der Waals surface area (Å²) in [6.45, 7) is 6.52. The molecule has 0 aromatic carbocycles. The fourth-order valence-electron chi connectivity index (χ4n) is 3.69. The minimum atomic E-state index is 1.04. The van der Waals surface area contributed by atoms with Gasteiger partial charge in [0.1, 0.15) is 0 Å². The minimum absolute atomic E-state index is 1.04. The molecule has 1 aliphatic heterocycles. The lowest BCUT2D eigenvalue weighted by Crippen LogP contribution is -2.37. The Morgan fingerprint density at radius 3 is 2.24 bits per heavy atom. The third-order valence-corrected chi connectivity index (χ3v) is 4.91. The second kappa shape index (κ2) is 7.41. The fourth-order valence-corrected chi connectivity index (χ4v) is 3.69. The van der Waals surface area contributed by atoms with Crippen LogP contribution in [0.1, 0.15) is 71.1 Å². The van der Waals surface area contributed by atoms with E-state index >= 15 is 0 Å². The van der Waals surface area contributed by atoms with Crippen molar-refractivity contribution in [2.75, 3.05) is 19.6 Å². The molecule has 1 aliphatic carbocycles. The monoisotopic (exact) mass is 237 g/mol. The van der Waals surface area contributed by atoms with Gasteiger partial charge in [-0.25, -0.2) is 0 Å². The molecule has 0 unspecified atom stereocenters. The van der Waals surface area contributed by atoms with Crippen LogP contribution in [-0.2, 0) is 0 Å². The summed E-state index contributed by atoms with van der Waals surface area (Å²) in [6.07, 6.45) is 14.8. The molecule has 0 N–H and O–H groups in total. The van der Waals surface area contributed by atoms with Crippen molar-refractivity contribution < 1.29 is 0 Å². The maximum Gasteiger partial charge on any atom is 0.000966 e. The summed E-state index contributed by atoms with van der Waals surface area (Å²) in [4.78, 5) is 2.76. The van der Waals surface area contributed by atoms with Crippen LogP contribution in [0.15, 0.2) is 0 Å². The highest BCUT2D eigenvalue weighted by molar-refractivity contribution is 4.76. The van der Waals surface area contributed by atoms with Crippen molar-refractivity contribution in [1.29, 1.82) is 0 Å². The Labute approximate surface area is 108 Å². The highest BCUT2D eigenvalue weighted by atomic mass is 15.1. The zero-order valence-electron chi connectivity index (χ0n) is 11.8. The van der Waals surface area contributed by atoms with Crippen LogP contribution < -0.4 is 0 Å². The Kier molecular flexibility index (Phi) is 5.84. The lowest BCUT2D eigenvalue weighted by Gasteiger charge is -2.35. The topological polar surface area (TPSA) is 3.24 Å². The molecular weight excluding hydrogens is 206 g/mol. The molecule has 0 amide bonds. The number of likely N-dealkylation sites (tertiary alicyclic amines) is 1. The Balaban J connectivity index is 1.61. The first-order valence-electron chi connectivity index (χ1n) is 8.11. The van der Waals surface area contributed by atoms with E-state index in [0.29, 0.717) is 0 Å². The number of piperidine rings is 1. The number of hydrogen-bond donors (Lipinski definition) is 0. The summed E-state index contributed by atoms with van der Waals surface area (Å²) in [5.74, 6) is 2.09. The molecule has 1 heteroatoms. The molecule has 1 saturated heterocycles. The molecule has 2 aliphatic rings. The van der Waals surface area contributed by atoms with Gasteiger partial charge >= 0.3 is 0 Å². The Morgan fingerprint density at radius 1 is 0.882 bits per heavy atom. The number of nitrogens with zero attached hydrogens (tertiary/aromatic N) is 1. The first-order chi connectivity index (χ1) is 8.38. The van der Waals surface area contributed by atoms with Crippen molar-refractivity contribution in [3.05, 3.63) is 0 Å². The zero-order chi connectivity index (χ0) is 11.9. The van der Waals surface area contributed by atoms with E-state index in [1.54, 1.807) is 0 Å². The van der Waals surface area contributed by atoms with Gasteiger partial charge in [-0.05, 0) is 50.6 Å². The average Bonchev–Trinajstić information content (AvgIpc) is 2.39. The van der Waals surface area contributed by atoms with Gasteiger partial charge in [0, 0.05) is 6.54 Å². The van der Waals surface area contributed by atoms with E-state index in [2.05, 4.69) is 11.8 Å². The van der Waals surface area contributed by atoms with Crippen LogP contribution in [-0.4, -0.2) is 24.5 Å². The summed E-state index contributed by atoms with van der Waals surface area (Å²) < 4.78 is 0. The van der Waals surface area contributed by atoms with E-state index in [1.165, 1.54) is 83.8 Å². The van der Waals surface area contributed by atoms with Crippen molar-refractivity contribution in [3.63, 3.8) is 0 Å². The summed E-state index contributed by atoms with van der Waals surface area (Å²) >= 11 is 0. The molecule has 0 aromatic rings. The second-order valence-corrected chi connectivity index (χ2v) is 6.39. The maximum absolute atomic E-state index is 2.76. The van der Waals surface area contributed by atoms with Gasteiger partial charge in [0.25, 0.3) is 0 Å². The van der Waals surface area contributed by atoms with Crippen LogP contribution in [0.5, 0.6) is 0 Å². The van der Waals surface area contributed by atoms with Gasteiger partial charge in [-0.3, -0.25) is 0 Å². The van der Waals surface area contributed by atoms with Crippen LogP contribution in [0.4, 0.5) is 0 Å². The van der Waals surface area contributed by atoms with Gasteiger partial charge in [0.15, 0.2) is 0 Å². The Hall–Kier alpha value is -0.0400. The molecule has 1 saturated carbocycles. The molecule has 1 nitrogen and oxygen atoms in total. The van der Waals surface area contributed by atoms with Crippen LogP contribution in [0.2, 0.25) is 0 Å². The maximum atomic E-state index is 2.76. The van der Waals surface area contributed by atoms with E-state index in [0.717, 1.165) is 11.8 Å². The molecule has 1 heterocycles. The lowest BCUT2D eigenvalue weighted by molar-refractivity contribution is 0.141. The molecule has 0 spiro atoms. The molecule has 2 rings (SSSR count). The first-order valence-corrected chi connectivity index (χ1v) is 8.11. The SMILES string of the molecule is CCCCC1CCN(CC2CCCCC2)CC1. The first kappa shape index (κ1) is 13.4. The van der Waals surface area contributed by atoms with Gasteiger partial charge in [0.05, 0.1) is 0 Å². The molecule has 0 atom stereocenters. The predicted octanol–water partition coefficient (Wildman–Crippen LogP) is 4.47. The number of unbranched alkanes of at least 4 members (excludes halogenated alkanes) is 1. The minimum Gasteiger partial charge on any atom is -0.303 e. The quantitative estimate of drug-likeness (QED) is 0.682. The summed E-state index contributed by atoms with van der Waals surface area (Å²) in [7, 11) is 0. The third-order valence-electron chi connectivity index (χ3n) is 4.91. The molecule has 100 valence electrons. The van der Waals surface area contributed by atoms with E-state index < -0.39 is 0 Å². The number of rotatable bonds is 5. The highest BCUT2D eigenvalue weighted by Crippen LogP contribution is 2.27. The molecule has 0 radical (unpaired) electrons. The van der Waals surface area contributed by atoms with Crippen molar-refractivity contribution in [3.8, 4) is 0 Å². The van der Waals surface area contributed by atoms with Crippen LogP contribution >= 0.6 is 0 Å². The molecular formula is C16H31N. The van der Waals surface area contributed by atoms with Gasteiger partial charge < -0.3 is 4.90 Å².